The number of pyridine rings is 1. The van der Waals surface area contributed by atoms with Crippen LogP contribution in [0.15, 0.2) is 36.9 Å². The summed E-state index contributed by atoms with van der Waals surface area (Å²) in [4.78, 5) is 6.73. The van der Waals surface area contributed by atoms with Crippen LogP contribution < -0.4 is 5.32 Å². The number of para-hydroxylation sites is 1. The van der Waals surface area contributed by atoms with Gasteiger partial charge in [0.1, 0.15) is 11.3 Å². The van der Waals surface area contributed by atoms with Crippen LogP contribution in [0, 0.1) is 12.7 Å². The molecule has 0 radical (unpaired) electrons. The number of hydrogen-bond acceptors (Lipinski definition) is 3. The lowest BCUT2D eigenvalue weighted by molar-refractivity contribution is 0.240. The lowest BCUT2D eigenvalue weighted by Crippen LogP contribution is -2.39. The summed E-state index contributed by atoms with van der Waals surface area (Å²) in [5.41, 5.74) is 2.28. The number of aryl methyl sites for hydroxylation is 1. The number of nitrogens with zero attached hydrogens (tertiary/aromatic N) is 2. The lowest BCUT2D eigenvalue weighted by atomic mass is 10.0. The van der Waals surface area contributed by atoms with Gasteiger partial charge in [-0.2, -0.15) is 0 Å². The van der Waals surface area contributed by atoms with Crippen molar-refractivity contribution >= 4 is 16.6 Å². The van der Waals surface area contributed by atoms with Gasteiger partial charge in [-0.3, -0.25) is 4.90 Å². The van der Waals surface area contributed by atoms with Crippen LogP contribution in [0.4, 0.5) is 10.1 Å². The highest BCUT2D eigenvalue weighted by molar-refractivity contribution is 5.91. The first-order chi connectivity index (χ1) is 10.7. The fourth-order valence-corrected chi connectivity index (χ4v) is 3.12. The molecule has 1 aromatic carbocycles. The maximum atomic E-state index is 14.0. The van der Waals surface area contributed by atoms with Crippen LogP contribution in [-0.2, 0) is 0 Å². The fourth-order valence-electron chi connectivity index (χ4n) is 3.12. The molecule has 1 fully saturated rings. The SMILES string of the molecule is C=CCN1CCC(Nc2cc(C)nc3c(F)cccc23)CC1. The second-order valence-corrected chi connectivity index (χ2v) is 5.96. The molecular formula is C18H22FN3. The maximum Gasteiger partial charge on any atom is 0.149 e. The molecule has 4 heteroatoms. The van der Waals surface area contributed by atoms with Gasteiger partial charge in [-0.15, -0.1) is 6.58 Å². The number of aromatic nitrogens is 1. The molecule has 22 heavy (non-hydrogen) atoms. The number of hydrogen-bond donors (Lipinski definition) is 1. The Morgan fingerprint density at radius 3 is 2.91 bits per heavy atom. The van der Waals surface area contributed by atoms with E-state index in [0.717, 1.165) is 49.2 Å². The Balaban J connectivity index is 1.80. The number of nitrogens with one attached hydrogen (secondary N) is 1. The topological polar surface area (TPSA) is 28.2 Å². The molecule has 1 aliphatic heterocycles. The van der Waals surface area contributed by atoms with E-state index in [0.29, 0.717) is 11.6 Å². The third kappa shape index (κ3) is 3.12. The van der Waals surface area contributed by atoms with E-state index in [1.807, 2.05) is 25.1 Å². The van der Waals surface area contributed by atoms with Crippen LogP contribution in [0.3, 0.4) is 0 Å². The molecule has 0 bridgehead atoms. The lowest BCUT2D eigenvalue weighted by Gasteiger charge is -2.32. The van der Waals surface area contributed by atoms with Crippen molar-refractivity contribution in [3.8, 4) is 0 Å². The molecular weight excluding hydrogens is 277 g/mol. The predicted molar refractivity (Wildman–Crippen MR) is 89.7 cm³/mol. The normalized spacial score (nSPS) is 16.8. The Labute approximate surface area is 130 Å². The van der Waals surface area contributed by atoms with E-state index >= 15 is 0 Å². The van der Waals surface area contributed by atoms with Gasteiger partial charge < -0.3 is 5.32 Å². The number of fused-ring (bicyclic) bond motifs is 1. The van der Waals surface area contributed by atoms with Crippen molar-refractivity contribution in [1.29, 1.82) is 0 Å². The third-order valence-corrected chi connectivity index (χ3v) is 4.25. The average Bonchev–Trinajstić information content (AvgIpc) is 2.51. The number of likely N-dealkylation sites (tertiary alicyclic amines) is 1. The van der Waals surface area contributed by atoms with Crippen molar-refractivity contribution in [2.45, 2.75) is 25.8 Å². The van der Waals surface area contributed by atoms with E-state index < -0.39 is 0 Å². The largest absolute Gasteiger partial charge is 0.382 e. The van der Waals surface area contributed by atoms with E-state index in [2.05, 4.69) is 21.8 Å². The summed E-state index contributed by atoms with van der Waals surface area (Å²) in [6, 6.07) is 7.57. The molecule has 1 aliphatic rings. The summed E-state index contributed by atoms with van der Waals surface area (Å²) in [6.45, 7) is 8.79. The van der Waals surface area contributed by atoms with Gasteiger partial charge in [0.15, 0.2) is 0 Å². The number of piperidine rings is 1. The Hall–Kier alpha value is -1.94. The third-order valence-electron chi connectivity index (χ3n) is 4.25. The highest BCUT2D eigenvalue weighted by Gasteiger charge is 2.19. The van der Waals surface area contributed by atoms with E-state index in [1.165, 1.54) is 6.07 Å². The molecule has 116 valence electrons. The first kappa shape index (κ1) is 15.0. The summed E-state index contributed by atoms with van der Waals surface area (Å²) in [5, 5.41) is 4.46. The van der Waals surface area contributed by atoms with Gasteiger partial charge in [-0.25, -0.2) is 9.37 Å². The molecule has 0 saturated carbocycles. The zero-order valence-corrected chi connectivity index (χ0v) is 13.0. The molecule has 1 aromatic heterocycles. The second-order valence-electron chi connectivity index (χ2n) is 5.96. The molecule has 0 spiro atoms. The number of anilines is 1. The number of rotatable bonds is 4. The van der Waals surface area contributed by atoms with Crippen molar-refractivity contribution in [3.05, 3.63) is 48.4 Å². The molecule has 2 heterocycles. The summed E-state index contributed by atoms with van der Waals surface area (Å²) >= 11 is 0. The summed E-state index contributed by atoms with van der Waals surface area (Å²) in [6.07, 6.45) is 4.13. The summed E-state index contributed by atoms with van der Waals surface area (Å²) in [7, 11) is 0. The molecule has 1 N–H and O–H groups in total. The van der Waals surface area contributed by atoms with Crippen LogP contribution in [-0.4, -0.2) is 35.6 Å². The van der Waals surface area contributed by atoms with Gasteiger partial charge >= 0.3 is 0 Å². The monoisotopic (exact) mass is 299 g/mol. The second kappa shape index (κ2) is 6.44. The number of halogens is 1. The standard InChI is InChI=1S/C18H22FN3/c1-3-9-22-10-7-14(8-11-22)21-17-12-13(2)20-18-15(17)5-4-6-16(18)19/h3-6,12,14H,1,7-11H2,2H3,(H,20,21). The molecule has 0 amide bonds. The minimum Gasteiger partial charge on any atom is -0.382 e. The summed E-state index contributed by atoms with van der Waals surface area (Å²) in [5.74, 6) is -0.259. The molecule has 3 nitrogen and oxygen atoms in total. The van der Waals surface area contributed by atoms with Gasteiger partial charge in [-0.05, 0) is 31.9 Å². The first-order valence-corrected chi connectivity index (χ1v) is 7.83. The van der Waals surface area contributed by atoms with Crippen LogP contribution in [0.5, 0.6) is 0 Å². The highest BCUT2D eigenvalue weighted by atomic mass is 19.1. The minimum atomic E-state index is -0.259. The maximum absolute atomic E-state index is 14.0. The van der Waals surface area contributed by atoms with Gasteiger partial charge in [0.2, 0.25) is 0 Å². The quantitative estimate of drug-likeness (QED) is 0.872. The van der Waals surface area contributed by atoms with Crippen molar-refractivity contribution < 1.29 is 4.39 Å². The Kier molecular flexibility index (Phi) is 4.39. The van der Waals surface area contributed by atoms with Crippen molar-refractivity contribution in [1.82, 2.24) is 9.88 Å². The van der Waals surface area contributed by atoms with Crippen LogP contribution in [0.2, 0.25) is 0 Å². The predicted octanol–water partition coefficient (Wildman–Crippen LogP) is 3.74. The van der Waals surface area contributed by atoms with E-state index in [4.69, 9.17) is 0 Å². The highest BCUT2D eigenvalue weighted by Crippen LogP contribution is 2.27. The Morgan fingerprint density at radius 2 is 2.18 bits per heavy atom. The van der Waals surface area contributed by atoms with Gasteiger partial charge in [0.05, 0.1) is 0 Å². The smallest absolute Gasteiger partial charge is 0.149 e. The van der Waals surface area contributed by atoms with E-state index in [1.54, 1.807) is 6.07 Å². The van der Waals surface area contributed by atoms with Crippen molar-refractivity contribution in [2.75, 3.05) is 25.0 Å². The number of benzene rings is 1. The molecule has 3 rings (SSSR count). The van der Waals surface area contributed by atoms with Crippen molar-refractivity contribution in [3.63, 3.8) is 0 Å². The van der Waals surface area contributed by atoms with E-state index in [9.17, 15) is 4.39 Å². The average molecular weight is 299 g/mol. The van der Waals surface area contributed by atoms with Gasteiger partial charge in [0.25, 0.3) is 0 Å². The van der Waals surface area contributed by atoms with Gasteiger partial charge in [-0.1, -0.05) is 18.2 Å². The Morgan fingerprint density at radius 1 is 1.41 bits per heavy atom. The minimum absolute atomic E-state index is 0.259. The zero-order chi connectivity index (χ0) is 15.5. The molecule has 0 unspecified atom stereocenters. The van der Waals surface area contributed by atoms with Crippen LogP contribution in [0.1, 0.15) is 18.5 Å². The fraction of sp³-hybridized carbons (Fsp3) is 0.389. The molecule has 2 aromatic rings. The first-order valence-electron chi connectivity index (χ1n) is 7.83. The van der Waals surface area contributed by atoms with Gasteiger partial charge in [0, 0.05) is 42.4 Å². The molecule has 1 saturated heterocycles. The molecule has 0 atom stereocenters. The molecule has 0 aliphatic carbocycles. The van der Waals surface area contributed by atoms with E-state index in [-0.39, 0.29) is 5.82 Å². The van der Waals surface area contributed by atoms with Crippen LogP contribution in [0.25, 0.3) is 10.9 Å². The van der Waals surface area contributed by atoms with Crippen molar-refractivity contribution in [2.24, 2.45) is 0 Å². The van der Waals surface area contributed by atoms with Crippen LogP contribution >= 0.6 is 0 Å². The summed E-state index contributed by atoms with van der Waals surface area (Å²) < 4.78 is 14.0. The zero-order valence-electron chi connectivity index (χ0n) is 13.0. The Bertz CT molecular complexity index is 675.